The minimum Gasteiger partial charge on any atom is -0.338 e. The molecule has 0 aliphatic heterocycles. The quantitative estimate of drug-likeness (QED) is 0.356. The monoisotopic (exact) mass is 321 g/mol. The molecule has 0 unspecified atom stereocenters. The number of para-hydroxylation sites is 1. The SMILES string of the molecule is NCCCNCCCCNCCCNC(=O)Nc1ccccc1. The van der Waals surface area contributed by atoms with Gasteiger partial charge < -0.3 is 27.0 Å². The molecule has 0 fully saturated rings. The lowest BCUT2D eigenvalue weighted by molar-refractivity contribution is 0.252. The molecule has 130 valence electrons. The molecule has 0 atom stereocenters. The number of rotatable bonds is 13. The maximum Gasteiger partial charge on any atom is 0.319 e. The summed E-state index contributed by atoms with van der Waals surface area (Å²) in [5.41, 5.74) is 6.23. The summed E-state index contributed by atoms with van der Waals surface area (Å²) in [7, 11) is 0. The van der Waals surface area contributed by atoms with E-state index < -0.39 is 0 Å². The smallest absolute Gasteiger partial charge is 0.319 e. The van der Waals surface area contributed by atoms with Crippen LogP contribution in [0.2, 0.25) is 0 Å². The van der Waals surface area contributed by atoms with Crippen LogP contribution in [0, 0.1) is 0 Å². The van der Waals surface area contributed by atoms with E-state index in [1.54, 1.807) is 0 Å². The maximum absolute atomic E-state index is 11.6. The van der Waals surface area contributed by atoms with E-state index in [9.17, 15) is 4.79 Å². The zero-order chi connectivity index (χ0) is 16.6. The summed E-state index contributed by atoms with van der Waals surface area (Å²) in [5.74, 6) is 0. The molecule has 0 aromatic heterocycles. The number of benzene rings is 1. The van der Waals surface area contributed by atoms with Crippen molar-refractivity contribution in [2.75, 3.05) is 44.6 Å². The van der Waals surface area contributed by atoms with Crippen LogP contribution in [-0.2, 0) is 0 Å². The van der Waals surface area contributed by atoms with E-state index in [0.717, 1.165) is 57.7 Å². The number of anilines is 1. The molecule has 1 rings (SSSR count). The molecule has 0 spiro atoms. The summed E-state index contributed by atoms with van der Waals surface area (Å²) in [6.07, 6.45) is 4.31. The Hall–Kier alpha value is -1.63. The second kappa shape index (κ2) is 14.0. The second-order valence-electron chi connectivity index (χ2n) is 5.45. The van der Waals surface area contributed by atoms with Gasteiger partial charge in [-0.15, -0.1) is 0 Å². The minimum atomic E-state index is -0.153. The van der Waals surface area contributed by atoms with Gasteiger partial charge in [0.2, 0.25) is 0 Å². The molecule has 0 bridgehead atoms. The van der Waals surface area contributed by atoms with E-state index in [2.05, 4.69) is 21.3 Å². The van der Waals surface area contributed by atoms with Crippen LogP contribution in [0.15, 0.2) is 30.3 Å². The molecular formula is C17H31N5O. The Labute approximate surface area is 139 Å². The summed E-state index contributed by atoms with van der Waals surface area (Å²) < 4.78 is 0. The van der Waals surface area contributed by atoms with Crippen molar-refractivity contribution in [3.8, 4) is 0 Å². The summed E-state index contributed by atoms with van der Waals surface area (Å²) in [6.45, 7) is 5.45. The minimum absolute atomic E-state index is 0.153. The second-order valence-corrected chi connectivity index (χ2v) is 5.45. The zero-order valence-electron chi connectivity index (χ0n) is 13.9. The van der Waals surface area contributed by atoms with E-state index in [-0.39, 0.29) is 6.03 Å². The highest BCUT2D eigenvalue weighted by molar-refractivity contribution is 5.89. The van der Waals surface area contributed by atoms with Crippen LogP contribution < -0.4 is 27.0 Å². The van der Waals surface area contributed by atoms with Gasteiger partial charge in [-0.25, -0.2) is 4.79 Å². The van der Waals surface area contributed by atoms with E-state index >= 15 is 0 Å². The first-order valence-electron chi connectivity index (χ1n) is 8.54. The molecular weight excluding hydrogens is 290 g/mol. The van der Waals surface area contributed by atoms with Gasteiger partial charge in [-0.3, -0.25) is 0 Å². The fourth-order valence-electron chi connectivity index (χ4n) is 2.09. The number of amides is 2. The van der Waals surface area contributed by atoms with Gasteiger partial charge in [0.25, 0.3) is 0 Å². The fraction of sp³-hybridized carbons (Fsp3) is 0.588. The van der Waals surface area contributed by atoms with E-state index in [0.29, 0.717) is 6.54 Å². The van der Waals surface area contributed by atoms with Gasteiger partial charge in [0, 0.05) is 12.2 Å². The van der Waals surface area contributed by atoms with Gasteiger partial charge in [-0.05, 0) is 70.5 Å². The molecule has 0 saturated carbocycles. The van der Waals surface area contributed by atoms with Crippen LogP contribution in [0.1, 0.15) is 25.7 Å². The average Bonchev–Trinajstić information content (AvgIpc) is 2.57. The third-order valence-electron chi connectivity index (χ3n) is 3.36. The molecule has 0 saturated heterocycles. The van der Waals surface area contributed by atoms with Crippen molar-refractivity contribution in [1.82, 2.24) is 16.0 Å². The van der Waals surface area contributed by atoms with Crippen molar-refractivity contribution in [3.63, 3.8) is 0 Å². The highest BCUT2D eigenvalue weighted by Gasteiger charge is 1.99. The number of carbonyl (C=O) groups excluding carboxylic acids is 1. The number of carbonyl (C=O) groups is 1. The zero-order valence-corrected chi connectivity index (χ0v) is 13.9. The van der Waals surface area contributed by atoms with Crippen molar-refractivity contribution < 1.29 is 4.79 Å². The van der Waals surface area contributed by atoms with Crippen LogP contribution >= 0.6 is 0 Å². The topological polar surface area (TPSA) is 91.2 Å². The molecule has 0 heterocycles. The lowest BCUT2D eigenvalue weighted by Crippen LogP contribution is -2.31. The lowest BCUT2D eigenvalue weighted by Gasteiger charge is -2.08. The van der Waals surface area contributed by atoms with Crippen LogP contribution in [0.4, 0.5) is 10.5 Å². The van der Waals surface area contributed by atoms with E-state index in [4.69, 9.17) is 5.73 Å². The molecule has 6 heteroatoms. The molecule has 23 heavy (non-hydrogen) atoms. The first kappa shape index (κ1) is 19.4. The number of nitrogens with two attached hydrogens (primary N) is 1. The van der Waals surface area contributed by atoms with Gasteiger partial charge in [-0.1, -0.05) is 18.2 Å². The number of nitrogens with one attached hydrogen (secondary N) is 4. The average molecular weight is 321 g/mol. The molecule has 0 aliphatic rings. The number of urea groups is 1. The Morgan fingerprint density at radius 3 is 2.09 bits per heavy atom. The Bertz CT molecular complexity index is 399. The van der Waals surface area contributed by atoms with Crippen LogP contribution in [0.5, 0.6) is 0 Å². The number of hydrogen-bond acceptors (Lipinski definition) is 4. The predicted octanol–water partition coefficient (Wildman–Crippen LogP) is 1.51. The first-order valence-corrected chi connectivity index (χ1v) is 8.54. The van der Waals surface area contributed by atoms with Crippen molar-refractivity contribution in [3.05, 3.63) is 30.3 Å². The highest BCUT2D eigenvalue weighted by Crippen LogP contribution is 2.03. The van der Waals surface area contributed by atoms with Crippen molar-refractivity contribution in [2.24, 2.45) is 5.73 Å². The van der Waals surface area contributed by atoms with E-state index in [1.807, 2.05) is 30.3 Å². The summed E-state index contributed by atoms with van der Waals surface area (Å²) >= 11 is 0. The molecule has 0 aliphatic carbocycles. The van der Waals surface area contributed by atoms with Gasteiger partial charge in [-0.2, -0.15) is 0 Å². The lowest BCUT2D eigenvalue weighted by atomic mass is 10.3. The molecule has 6 nitrogen and oxygen atoms in total. The van der Waals surface area contributed by atoms with E-state index in [1.165, 1.54) is 6.42 Å². The fourth-order valence-corrected chi connectivity index (χ4v) is 2.09. The predicted molar refractivity (Wildman–Crippen MR) is 96.7 cm³/mol. The Balaban J connectivity index is 1.83. The van der Waals surface area contributed by atoms with Gasteiger partial charge in [0.1, 0.15) is 0 Å². The van der Waals surface area contributed by atoms with Crippen LogP contribution in [0.25, 0.3) is 0 Å². The molecule has 1 aromatic carbocycles. The highest BCUT2D eigenvalue weighted by atomic mass is 16.2. The summed E-state index contributed by atoms with van der Waals surface area (Å²) in [6, 6.07) is 9.30. The third kappa shape index (κ3) is 11.6. The largest absolute Gasteiger partial charge is 0.338 e. The molecule has 2 amide bonds. The van der Waals surface area contributed by atoms with Crippen molar-refractivity contribution in [1.29, 1.82) is 0 Å². The first-order chi connectivity index (χ1) is 11.3. The number of hydrogen-bond donors (Lipinski definition) is 5. The van der Waals surface area contributed by atoms with Crippen molar-refractivity contribution >= 4 is 11.7 Å². The standard InChI is InChI=1S/C17H31N5O/c18-10-6-13-19-11-4-5-12-20-14-7-15-21-17(23)22-16-8-2-1-3-9-16/h1-3,8-9,19-20H,4-7,10-15,18H2,(H2,21,22,23). The summed E-state index contributed by atoms with van der Waals surface area (Å²) in [5, 5.41) is 12.4. The third-order valence-corrected chi connectivity index (χ3v) is 3.36. The Kier molecular flexibility index (Phi) is 11.8. The Morgan fingerprint density at radius 1 is 0.826 bits per heavy atom. The number of unbranched alkanes of at least 4 members (excludes halogenated alkanes) is 1. The molecule has 6 N–H and O–H groups in total. The van der Waals surface area contributed by atoms with Gasteiger partial charge in [0.15, 0.2) is 0 Å². The summed E-state index contributed by atoms with van der Waals surface area (Å²) in [4.78, 5) is 11.6. The Morgan fingerprint density at radius 2 is 1.43 bits per heavy atom. The molecule has 0 radical (unpaired) electrons. The van der Waals surface area contributed by atoms with Gasteiger partial charge >= 0.3 is 6.03 Å². The van der Waals surface area contributed by atoms with Crippen molar-refractivity contribution in [2.45, 2.75) is 25.7 Å². The molecule has 1 aromatic rings. The van der Waals surface area contributed by atoms with Crippen LogP contribution in [0.3, 0.4) is 0 Å². The normalized spacial score (nSPS) is 10.5. The van der Waals surface area contributed by atoms with Crippen LogP contribution in [-0.4, -0.2) is 45.3 Å². The van der Waals surface area contributed by atoms with Gasteiger partial charge in [0.05, 0.1) is 0 Å². The maximum atomic E-state index is 11.6.